The Labute approximate surface area is 170 Å². The molecule has 136 valence electrons. The van der Waals surface area contributed by atoms with E-state index in [1.807, 2.05) is 30.3 Å². The lowest BCUT2D eigenvalue weighted by atomic mass is 9.99. The highest BCUT2D eigenvalue weighted by atomic mass is 35.5. The molecule has 0 amide bonds. The average molecular weight is 393 g/mol. The first kappa shape index (κ1) is 19.5. The number of unbranched alkanes of at least 4 members (excludes halogenated alkanes) is 1. The monoisotopic (exact) mass is 392 g/mol. The van der Waals surface area contributed by atoms with Crippen molar-refractivity contribution in [1.29, 1.82) is 5.26 Å². The van der Waals surface area contributed by atoms with E-state index in [0.717, 1.165) is 46.0 Å². The number of hydrogen-bond acceptors (Lipinski definition) is 3. The number of benzene rings is 2. The third kappa shape index (κ3) is 4.71. The van der Waals surface area contributed by atoms with Crippen molar-refractivity contribution in [3.8, 4) is 28.5 Å². The number of thioether (sulfide) groups is 1. The number of halogens is 1. The Kier molecular flexibility index (Phi) is 6.55. The maximum atomic E-state index is 9.84. The molecule has 2 nitrogen and oxygen atoms in total. The van der Waals surface area contributed by atoms with E-state index in [0.29, 0.717) is 10.6 Å². The number of rotatable bonds is 6. The lowest BCUT2D eigenvalue weighted by Crippen LogP contribution is -1.96. The molecule has 0 bridgehead atoms. The smallest absolute Gasteiger partial charge is 0.115 e. The molecule has 0 radical (unpaired) electrons. The Morgan fingerprint density at radius 3 is 2.33 bits per heavy atom. The fourth-order valence-electron chi connectivity index (χ4n) is 2.78. The lowest BCUT2D eigenvalue weighted by molar-refractivity contribution is 0.894. The zero-order valence-electron chi connectivity index (χ0n) is 15.5. The van der Waals surface area contributed by atoms with Gasteiger partial charge in [0.25, 0.3) is 0 Å². The molecule has 3 aromatic rings. The maximum Gasteiger partial charge on any atom is 0.115 e. The third-order valence-corrected chi connectivity index (χ3v) is 5.65. The minimum absolute atomic E-state index is 0.634. The highest BCUT2D eigenvalue weighted by Crippen LogP contribution is 2.35. The molecule has 0 unspecified atom stereocenters. The van der Waals surface area contributed by atoms with E-state index in [-0.39, 0.29) is 0 Å². The summed E-state index contributed by atoms with van der Waals surface area (Å²) in [6.07, 6.45) is 2.22. The van der Waals surface area contributed by atoms with Gasteiger partial charge in [-0.05, 0) is 42.9 Å². The van der Waals surface area contributed by atoms with Crippen molar-refractivity contribution in [2.45, 2.75) is 31.7 Å². The first-order chi connectivity index (χ1) is 13.1. The number of hydrogen-bond donors (Lipinski definition) is 0. The molecule has 0 aliphatic rings. The van der Waals surface area contributed by atoms with Gasteiger partial charge in [-0.1, -0.05) is 66.9 Å². The summed E-state index contributed by atoms with van der Waals surface area (Å²) in [4.78, 5) is 4.83. The van der Waals surface area contributed by atoms with Gasteiger partial charge in [-0.3, -0.25) is 0 Å². The second kappa shape index (κ2) is 9.08. The van der Waals surface area contributed by atoms with E-state index in [1.54, 1.807) is 11.8 Å². The number of nitrogens with zero attached hydrogens (tertiary/aromatic N) is 2. The summed E-state index contributed by atoms with van der Waals surface area (Å²) in [5, 5.41) is 11.3. The van der Waals surface area contributed by atoms with Crippen molar-refractivity contribution in [2.75, 3.05) is 5.75 Å². The van der Waals surface area contributed by atoms with Crippen LogP contribution in [0.3, 0.4) is 0 Å². The van der Waals surface area contributed by atoms with Crippen LogP contribution < -0.4 is 0 Å². The van der Waals surface area contributed by atoms with Gasteiger partial charge < -0.3 is 0 Å². The standard InChI is InChI=1S/C23H21ClN2S/c1-3-4-13-27-23-21(15-25)20(17-9-11-19(24)12-10-17)14-22(26-23)18-7-5-16(2)6-8-18/h5-12,14H,3-4,13H2,1-2H3. The molecule has 0 aliphatic heterocycles. The van der Waals surface area contributed by atoms with Gasteiger partial charge in [0.15, 0.2) is 0 Å². The van der Waals surface area contributed by atoms with Crippen LogP contribution in [0.2, 0.25) is 5.02 Å². The maximum absolute atomic E-state index is 9.84. The van der Waals surface area contributed by atoms with Gasteiger partial charge in [-0.15, -0.1) is 11.8 Å². The van der Waals surface area contributed by atoms with Crippen molar-refractivity contribution in [3.05, 3.63) is 70.7 Å². The van der Waals surface area contributed by atoms with Crippen molar-refractivity contribution < 1.29 is 0 Å². The topological polar surface area (TPSA) is 36.7 Å². The molecule has 0 spiro atoms. The molecule has 3 rings (SSSR count). The van der Waals surface area contributed by atoms with Crippen LogP contribution in [0.1, 0.15) is 30.9 Å². The lowest BCUT2D eigenvalue weighted by Gasteiger charge is -2.13. The molecule has 1 aromatic heterocycles. The zero-order chi connectivity index (χ0) is 19.2. The van der Waals surface area contributed by atoms with Gasteiger partial charge in [0.05, 0.1) is 11.3 Å². The van der Waals surface area contributed by atoms with Gasteiger partial charge in [0.2, 0.25) is 0 Å². The van der Waals surface area contributed by atoms with Gasteiger partial charge in [-0.2, -0.15) is 5.26 Å². The summed E-state index contributed by atoms with van der Waals surface area (Å²) in [5.41, 5.74) is 5.66. The van der Waals surface area contributed by atoms with Gasteiger partial charge in [0.1, 0.15) is 11.1 Å². The van der Waals surface area contributed by atoms with Crippen LogP contribution in [-0.4, -0.2) is 10.7 Å². The second-order valence-corrected chi connectivity index (χ2v) is 7.94. The van der Waals surface area contributed by atoms with Crippen LogP contribution >= 0.6 is 23.4 Å². The summed E-state index contributed by atoms with van der Waals surface area (Å²) in [7, 11) is 0. The predicted molar refractivity (Wildman–Crippen MR) is 115 cm³/mol. The SMILES string of the molecule is CCCCSc1nc(-c2ccc(C)cc2)cc(-c2ccc(Cl)cc2)c1C#N. The Hall–Kier alpha value is -2.28. The normalized spacial score (nSPS) is 10.6. The van der Waals surface area contributed by atoms with Crippen LogP contribution in [0.15, 0.2) is 59.6 Å². The van der Waals surface area contributed by atoms with E-state index in [9.17, 15) is 5.26 Å². The van der Waals surface area contributed by atoms with E-state index < -0.39 is 0 Å². The van der Waals surface area contributed by atoms with E-state index >= 15 is 0 Å². The minimum atomic E-state index is 0.634. The molecule has 1 heterocycles. The Morgan fingerprint density at radius 1 is 1.04 bits per heavy atom. The van der Waals surface area contributed by atoms with Crippen molar-refractivity contribution in [2.24, 2.45) is 0 Å². The molecular weight excluding hydrogens is 372 g/mol. The minimum Gasteiger partial charge on any atom is -0.240 e. The molecule has 0 fully saturated rings. The summed E-state index contributed by atoms with van der Waals surface area (Å²) >= 11 is 7.71. The molecule has 4 heteroatoms. The Bertz CT molecular complexity index is 957. The first-order valence-electron chi connectivity index (χ1n) is 9.03. The van der Waals surface area contributed by atoms with E-state index in [4.69, 9.17) is 16.6 Å². The molecular formula is C23H21ClN2S. The zero-order valence-corrected chi connectivity index (χ0v) is 17.1. The molecule has 0 atom stereocenters. The quantitative estimate of drug-likeness (QED) is 0.330. The highest BCUT2D eigenvalue weighted by molar-refractivity contribution is 7.99. The fraction of sp³-hybridized carbons (Fsp3) is 0.217. The number of nitriles is 1. The molecule has 2 aromatic carbocycles. The number of aryl methyl sites for hydroxylation is 1. The van der Waals surface area contributed by atoms with Crippen LogP contribution in [0, 0.1) is 18.3 Å². The fourth-order valence-corrected chi connectivity index (χ4v) is 3.99. The van der Waals surface area contributed by atoms with E-state index in [1.165, 1.54) is 5.56 Å². The van der Waals surface area contributed by atoms with Crippen molar-refractivity contribution >= 4 is 23.4 Å². The Morgan fingerprint density at radius 2 is 1.70 bits per heavy atom. The van der Waals surface area contributed by atoms with Crippen LogP contribution in [0.5, 0.6) is 0 Å². The van der Waals surface area contributed by atoms with Crippen molar-refractivity contribution in [3.63, 3.8) is 0 Å². The molecule has 0 saturated carbocycles. The summed E-state index contributed by atoms with van der Waals surface area (Å²) < 4.78 is 0. The Balaban J connectivity index is 2.15. The van der Waals surface area contributed by atoms with Gasteiger partial charge in [-0.25, -0.2) is 4.98 Å². The van der Waals surface area contributed by atoms with Crippen LogP contribution in [-0.2, 0) is 0 Å². The van der Waals surface area contributed by atoms with Gasteiger partial charge in [0, 0.05) is 16.1 Å². The largest absolute Gasteiger partial charge is 0.240 e. The summed E-state index contributed by atoms with van der Waals surface area (Å²) in [6.45, 7) is 4.24. The third-order valence-electron chi connectivity index (χ3n) is 4.34. The van der Waals surface area contributed by atoms with Crippen molar-refractivity contribution in [1.82, 2.24) is 4.98 Å². The molecule has 0 saturated heterocycles. The second-order valence-electron chi connectivity index (χ2n) is 6.42. The number of pyridine rings is 1. The van der Waals surface area contributed by atoms with Crippen LogP contribution in [0.4, 0.5) is 0 Å². The molecule has 0 N–H and O–H groups in total. The number of aromatic nitrogens is 1. The molecule has 27 heavy (non-hydrogen) atoms. The van der Waals surface area contributed by atoms with Gasteiger partial charge >= 0.3 is 0 Å². The summed E-state index contributed by atoms with van der Waals surface area (Å²) in [6, 6.07) is 20.3. The summed E-state index contributed by atoms with van der Waals surface area (Å²) in [5.74, 6) is 0.954. The average Bonchev–Trinajstić information content (AvgIpc) is 2.69. The van der Waals surface area contributed by atoms with E-state index in [2.05, 4.69) is 44.2 Å². The van der Waals surface area contributed by atoms with Crippen LogP contribution in [0.25, 0.3) is 22.4 Å². The predicted octanol–water partition coefficient (Wildman–Crippen LogP) is 7.14. The molecule has 0 aliphatic carbocycles. The first-order valence-corrected chi connectivity index (χ1v) is 10.4. The highest BCUT2D eigenvalue weighted by Gasteiger charge is 2.15.